The molecule has 0 atom stereocenters. The maximum Gasteiger partial charge on any atom is 0.197 e. The lowest BCUT2D eigenvalue weighted by Gasteiger charge is -2.10. The zero-order chi connectivity index (χ0) is 13.8. The second kappa shape index (κ2) is 5.70. The van der Waals surface area contributed by atoms with Gasteiger partial charge in [-0.05, 0) is 36.6 Å². The molecular weight excluding hydrogens is 234 g/mol. The van der Waals surface area contributed by atoms with Crippen molar-refractivity contribution in [3.63, 3.8) is 0 Å². The number of rotatable bonds is 4. The van der Waals surface area contributed by atoms with Gasteiger partial charge in [-0.1, -0.05) is 38.6 Å². The molecule has 0 amide bonds. The topological polar surface area (TPSA) is 32.9 Å². The quantitative estimate of drug-likeness (QED) is 0.862. The first-order valence-corrected chi connectivity index (χ1v) is 6.69. The van der Waals surface area contributed by atoms with Crippen LogP contribution in [0.5, 0.6) is 0 Å². The summed E-state index contributed by atoms with van der Waals surface area (Å²) in [5, 5.41) is 0.735. The number of fused-ring (bicyclic) bond motifs is 1. The van der Waals surface area contributed by atoms with Gasteiger partial charge in [0.1, 0.15) is 0 Å². The highest BCUT2D eigenvalue weighted by Crippen LogP contribution is 2.22. The van der Waals surface area contributed by atoms with Gasteiger partial charge in [0.05, 0.1) is 0 Å². The van der Waals surface area contributed by atoms with E-state index in [1.54, 1.807) is 6.08 Å². The number of pyridine rings is 1. The number of para-hydroxylation sites is 1. The predicted molar refractivity (Wildman–Crippen MR) is 83.2 cm³/mol. The van der Waals surface area contributed by atoms with E-state index in [1.165, 1.54) is 0 Å². The molecule has 2 aromatic rings. The van der Waals surface area contributed by atoms with E-state index in [4.69, 9.17) is 0 Å². The van der Waals surface area contributed by atoms with E-state index in [2.05, 4.69) is 31.5 Å². The number of H-pyrrole nitrogens is 1. The molecule has 0 radical (unpaired) electrons. The van der Waals surface area contributed by atoms with E-state index < -0.39 is 0 Å². The van der Waals surface area contributed by atoms with Gasteiger partial charge in [-0.2, -0.15) is 0 Å². The maximum absolute atomic E-state index is 12.7. The van der Waals surface area contributed by atoms with Crippen LogP contribution in [0.15, 0.2) is 41.7 Å². The van der Waals surface area contributed by atoms with Gasteiger partial charge in [0.25, 0.3) is 0 Å². The molecule has 1 aromatic heterocycles. The van der Waals surface area contributed by atoms with Gasteiger partial charge in [0.2, 0.25) is 0 Å². The monoisotopic (exact) mass is 253 g/mol. The Morgan fingerprint density at radius 1 is 1.32 bits per heavy atom. The predicted octanol–water partition coefficient (Wildman–Crippen LogP) is 4.37. The van der Waals surface area contributed by atoms with Crippen molar-refractivity contribution in [2.75, 3.05) is 0 Å². The van der Waals surface area contributed by atoms with Crippen LogP contribution in [0.2, 0.25) is 0 Å². The van der Waals surface area contributed by atoms with E-state index >= 15 is 0 Å². The second-order valence-corrected chi connectivity index (χ2v) is 4.48. The standard InChI is InChI=1S/C17H19NO/c1-4-9-12(5-2)16-14(6-3)18-15-11-8-7-10-13(15)17(16)19/h6-11H,3-5H2,1-2H3,(H,18,19)/b12-9+. The minimum atomic E-state index is 0.0887. The van der Waals surface area contributed by atoms with Crippen molar-refractivity contribution < 1.29 is 0 Å². The first-order valence-electron chi connectivity index (χ1n) is 6.69. The smallest absolute Gasteiger partial charge is 0.197 e. The molecule has 1 N–H and O–H groups in total. The summed E-state index contributed by atoms with van der Waals surface area (Å²) in [6.07, 6.45) is 5.61. The van der Waals surface area contributed by atoms with Gasteiger partial charge in [-0.15, -0.1) is 0 Å². The van der Waals surface area contributed by atoms with Crippen LogP contribution in [0.3, 0.4) is 0 Å². The minimum absolute atomic E-state index is 0.0887. The Balaban J connectivity index is 2.86. The highest BCUT2D eigenvalue weighted by atomic mass is 16.1. The lowest BCUT2D eigenvalue weighted by molar-refractivity contribution is 1.16. The molecule has 2 rings (SSSR count). The Labute approximate surface area is 113 Å². The summed E-state index contributed by atoms with van der Waals surface area (Å²) in [5.41, 5.74) is 3.61. The van der Waals surface area contributed by atoms with E-state index in [1.807, 2.05) is 24.3 Å². The van der Waals surface area contributed by atoms with Crippen LogP contribution >= 0.6 is 0 Å². The SMILES string of the molecule is C=Cc1[nH]c2ccccc2c(=O)c1/C(=C/CC)CC. The third kappa shape index (κ3) is 2.39. The third-order valence-electron chi connectivity index (χ3n) is 3.29. The summed E-state index contributed by atoms with van der Waals surface area (Å²) in [6.45, 7) is 7.97. The molecule has 1 heterocycles. The highest BCUT2D eigenvalue weighted by molar-refractivity contribution is 5.85. The van der Waals surface area contributed by atoms with Crippen LogP contribution < -0.4 is 5.43 Å². The normalized spacial score (nSPS) is 11.8. The van der Waals surface area contributed by atoms with Crippen LogP contribution in [0, 0.1) is 0 Å². The molecule has 98 valence electrons. The molecule has 0 spiro atoms. The van der Waals surface area contributed by atoms with Crippen molar-refractivity contribution in [2.45, 2.75) is 26.7 Å². The van der Waals surface area contributed by atoms with E-state index in [0.717, 1.165) is 40.6 Å². The molecule has 1 aromatic carbocycles. The number of allylic oxidation sites excluding steroid dienone is 2. The Morgan fingerprint density at radius 3 is 2.68 bits per heavy atom. The zero-order valence-corrected chi connectivity index (χ0v) is 11.5. The number of hydrogen-bond donors (Lipinski definition) is 1. The molecule has 19 heavy (non-hydrogen) atoms. The van der Waals surface area contributed by atoms with Crippen LogP contribution in [0.4, 0.5) is 0 Å². The number of aromatic nitrogens is 1. The molecule has 0 unspecified atom stereocenters. The van der Waals surface area contributed by atoms with Gasteiger partial charge in [0.15, 0.2) is 5.43 Å². The number of aromatic amines is 1. The fraction of sp³-hybridized carbons (Fsp3) is 0.235. The van der Waals surface area contributed by atoms with Gasteiger partial charge < -0.3 is 4.98 Å². The Morgan fingerprint density at radius 2 is 2.05 bits per heavy atom. The summed E-state index contributed by atoms with van der Waals surface area (Å²) in [7, 11) is 0. The van der Waals surface area contributed by atoms with Crippen molar-refractivity contribution in [3.05, 3.63) is 58.4 Å². The summed E-state index contributed by atoms with van der Waals surface area (Å²) in [4.78, 5) is 16.0. The number of nitrogens with one attached hydrogen (secondary N) is 1. The molecular formula is C17H19NO. The first-order chi connectivity index (χ1) is 9.22. The largest absolute Gasteiger partial charge is 0.354 e. The molecule has 2 heteroatoms. The Kier molecular flexibility index (Phi) is 4.00. The van der Waals surface area contributed by atoms with Crippen LogP contribution in [0.25, 0.3) is 22.6 Å². The van der Waals surface area contributed by atoms with E-state index in [-0.39, 0.29) is 5.43 Å². The van der Waals surface area contributed by atoms with Crippen molar-refractivity contribution >= 4 is 22.6 Å². The molecule has 0 aliphatic rings. The highest BCUT2D eigenvalue weighted by Gasteiger charge is 2.12. The Bertz CT molecular complexity index is 692. The van der Waals surface area contributed by atoms with Crippen molar-refractivity contribution in [1.82, 2.24) is 4.98 Å². The van der Waals surface area contributed by atoms with Gasteiger partial charge in [0, 0.05) is 22.2 Å². The molecule has 0 saturated heterocycles. The Hall–Kier alpha value is -2.09. The second-order valence-electron chi connectivity index (χ2n) is 4.48. The van der Waals surface area contributed by atoms with Crippen molar-refractivity contribution in [1.29, 1.82) is 0 Å². The maximum atomic E-state index is 12.7. The van der Waals surface area contributed by atoms with Gasteiger partial charge in [-0.3, -0.25) is 4.79 Å². The van der Waals surface area contributed by atoms with E-state index in [0.29, 0.717) is 0 Å². The van der Waals surface area contributed by atoms with Gasteiger partial charge >= 0.3 is 0 Å². The van der Waals surface area contributed by atoms with Crippen molar-refractivity contribution in [2.24, 2.45) is 0 Å². The molecule has 2 nitrogen and oxygen atoms in total. The fourth-order valence-electron chi connectivity index (χ4n) is 2.40. The average Bonchev–Trinajstić information content (AvgIpc) is 2.45. The minimum Gasteiger partial charge on any atom is -0.354 e. The van der Waals surface area contributed by atoms with E-state index in [9.17, 15) is 4.79 Å². The van der Waals surface area contributed by atoms with Gasteiger partial charge in [-0.25, -0.2) is 0 Å². The summed E-state index contributed by atoms with van der Waals surface area (Å²) < 4.78 is 0. The molecule has 0 saturated carbocycles. The number of hydrogen-bond acceptors (Lipinski definition) is 1. The fourth-order valence-corrected chi connectivity index (χ4v) is 2.40. The molecule has 0 aliphatic heterocycles. The number of benzene rings is 1. The molecule has 0 fully saturated rings. The zero-order valence-electron chi connectivity index (χ0n) is 11.5. The van der Waals surface area contributed by atoms with Crippen LogP contribution in [0.1, 0.15) is 37.9 Å². The van der Waals surface area contributed by atoms with Crippen LogP contribution in [-0.4, -0.2) is 4.98 Å². The average molecular weight is 253 g/mol. The van der Waals surface area contributed by atoms with Crippen LogP contribution in [-0.2, 0) is 0 Å². The molecule has 0 aliphatic carbocycles. The molecule has 0 bridgehead atoms. The lowest BCUT2D eigenvalue weighted by Crippen LogP contribution is -2.12. The first kappa shape index (κ1) is 13.3. The third-order valence-corrected chi connectivity index (χ3v) is 3.29. The summed E-state index contributed by atoms with van der Waals surface area (Å²) in [6, 6.07) is 7.60. The summed E-state index contributed by atoms with van der Waals surface area (Å²) >= 11 is 0. The lowest BCUT2D eigenvalue weighted by atomic mass is 9.98. The summed E-state index contributed by atoms with van der Waals surface area (Å²) in [5.74, 6) is 0. The van der Waals surface area contributed by atoms with Crippen molar-refractivity contribution in [3.8, 4) is 0 Å².